The van der Waals surface area contributed by atoms with Crippen LogP contribution in [-0.4, -0.2) is 26.0 Å². The zero-order chi connectivity index (χ0) is 24.2. The van der Waals surface area contributed by atoms with E-state index in [9.17, 15) is 22.7 Å². The third-order valence-electron chi connectivity index (χ3n) is 4.55. The SMILES string of the molecule is Cc1nn(-c2nc(-c3ccc(C(F)(F)F)cc3)c(CO)s2)cc1-c1cccc(F)c1.O=C=O. The molecule has 0 atom stereocenters. The lowest BCUT2D eigenvalue weighted by atomic mass is 10.1. The van der Waals surface area contributed by atoms with Gasteiger partial charge in [0.15, 0.2) is 0 Å². The number of aliphatic hydroxyl groups excluding tert-OH is 1. The molecule has 33 heavy (non-hydrogen) atoms. The van der Waals surface area contributed by atoms with Gasteiger partial charge in [-0.3, -0.25) is 0 Å². The molecule has 1 N–H and O–H groups in total. The molecule has 0 spiro atoms. The molecule has 0 aliphatic heterocycles. The average molecular weight is 477 g/mol. The lowest BCUT2D eigenvalue weighted by molar-refractivity contribution is -0.191. The predicted octanol–water partition coefficient (Wildman–Crippen LogP) is 5.04. The fraction of sp³-hybridized carbons (Fsp3) is 0.136. The summed E-state index contributed by atoms with van der Waals surface area (Å²) < 4.78 is 53.5. The van der Waals surface area contributed by atoms with Crippen LogP contribution >= 0.6 is 11.3 Å². The zero-order valence-electron chi connectivity index (χ0n) is 16.9. The Bertz CT molecular complexity index is 1290. The Hall–Kier alpha value is -3.66. The Morgan fingerprint density at radius 3 is 2.33 bits per heavy atom. The summed E-state index contributed by atoms with van der Waals surface area (Å²) in [5.41, 5.74) is 2.16. The maximum atomic E-state index is 13.6. The summed E-state index contributed by atoms with van der Waals surface area (Å²) in [4.78, 5) is 21.2. The third-order valence-corrected chi connectivity index (χ3v) is 5.58. The molecular weight excluding hydrogens is 462 g/mol. The first-order chi connectivity index (χ1) is 15.7. The normalized spacial score (nSPS) is 11.0. The molecule has 4 aromatic rings. The van der Waals surface area contributed by atoms with E-state index in [4.69, 9.17) is 9.59 Å². The molecule has 0 fully saturated rings. The second-order valence-electron chi connectivity index (χ2n) is 6.67. The van der Waals surface area contributed by atoms with Crippen LogP contribution in [-0.2, 0) is 22.4 Å². The first-order valence-corrected chi connectivity index (χ1v) is 10.1. The van der Waals surface area contributed by atoms with Gasteiger partial charge in [-0.25, -0.2) is 14.1 Å². The Balaban J connectivity index is 0.000000968. The topological polar surface area (TPSA) is 85.1 Å². The van der Waals surface area contributed by atoms with E-state index in [0.29, 0.717) is 32.5 Å². The van der Waals surface area contributed by atoms with Crippen LogP contribution in [0, 0.1) is 12.7 Å². The Morgan fingerprint density at radius 2 is 1.76 bits per heavy atom. The van der Waals surface area contributed by atoms with Crippen LogP contribution in [0.5, 0.6) is 0 Å². The van der Waals surface area contributed by atoms with Crippen LogP contribution < -0.4 is 0 Å². The summed E-state index contributed by atoms with van der Waals surface area (Å²) in [5, 5.41) is 14.6. The minimum Gasteiger partial charge on any atom is -0.391 e. The largest absolute Gasteiger partial charge is 0.416 e. The number of hydrogen-bond donors (Lipinski definition) is 1. The molecule has 4 rings (SSSR count). The molecule has 2 aromatic carbocycles. The number of benzene rings is 2. The van der Waals surface area contributed by atoms with E-state index in [1.807, 2.05) is 0 Å². The highest BCUT2D eigenvalue weighted by Crippen LogP contribution is 2.34. The number of carbonyl (C=O) groups excluding carboxylic acids is 2. The van der Waals surface area contributed by atoms with Crippen LogP contribution in [0.15, 0.2) is 54.7 Å². The molecule has 0 aliphatic carbocycles. The highest BCUT2D eigenvalue weighted by molar-refractivity contribution is 7.14. The van der Waals surface area contributed by atoms with Crippen molar-refractivity contribution in [1.82, 2.24) is 14.8 Å². The van der Waals surface area contributed by atoms with Crippen LogP contribution in [0.4, 0.5) is 17.6 Å². The fourth-order valence-electron chi connectivity index (χ4n) is 3.08. The molecule has 0 radical (unpaired) electrons. The summed E-state index contributed by atoms with van der Waals surface area (Å²) in [6, 6.07) is 10.8. The summed E-state index contributed by atoms with van der Waals surface area (Å²) in [5.74, 6) is -0.360. The summed E-state index contributed by atoms with van der Waals surface area (Å²) in [7, 11) is 0. The molecule has 6 nitrogen and oxygen atoms in total. The maximum Gasteiger partial charge on any atom is 0.416 e. The van der Waals surface area contributed by atoms with Gasteiger partial charge in [-0.05, 0) is 36.8 Å². The minimum atomic E-state index is -4.43. The first-order valence-electron chi connectivity index (χ1n) is 9.28. The molecule has 170 valence electrons. The van der Waals surface area contributed by atoms with E-state index >= 15 is 0 Å². The quantitative estimate of drug-likeness (QED) is 0.417. The lowest BCUT2D eigenvalue weighted by Gasteiger charge is -2.07. The van der Waals surface area contributed by atoms with Crippen molar-refractivity contribution >= 4 is 17.5 Å². The number of halogens is 4. The summed E-state index contributed by atoms with van der Waals surface area (Å²) in [6.07, 6.45) is -2.47. The van der Waals surface area contributed by atoms with Crippen molar-refractivity contribution in [3.8, 4) is 27.5 Å². The standard InChI is InChI=1S/C21H15F4N3OS.CO2/c1-12-17(14-3-2-4-16(22)9-14)10-28(27-12)20-26-19(18(11-29)30-20)13-5-7-15(8-6-13)21(23,24)25;2-1-3/h2-10,29H,11H2,1H3;. The van der Waals surface area contributed by atoms with Gasteiger partial charge >= 0.3 is 12.3 Å². The van der Waals surface area contributed by atoms with Crippen LogP contribution in [0.25, 0.3) is 27.5 Å². The number of aliphatic hydroxyl groups is 1. The van der Waals surface area contributed by atoms with Crippen molar-refractivity contribution in [2.24, 2.45) is 0 Å². The molecule has 0 saturated carbocycles. The van der Waals surface area contributed by atoms with Crippen LogP contribution in [0.3, 0.4) is 0 Å². The van der Waals surface area contributed by atoms with Gasteiger partial charge in [-0.15, -0.1) is 0 Å². The molecule has 0 amide bonds. The average Bonchev–Trinajstić information content (AvgIpc) is 3.37. The van der Waals surface area contributed by atoms with Crippen molar-refractivity contribution in [2.45, 2.75) is 19.7 Å². The van der Waals surface area contributed by atoms with Crippen LogP contribution in [0.1, 0.15) is 16.1 Å². The van der Waals surface area contributed by atoms with Crippen LogP contribution in [0.2, 0.25) is 0 Å². The first kappa shape index (κ1) is 24.0. The van der Waals surface area contributed by atoms with E-state index in [0.717, 1.165) is 17.7 Å². The molecular formula is C22H15F4N3O3S. The van der Waals surface area contributed by atoms with Gasteiger partial charge in [-0.2, -0.15) is 27.9 Å². The van der Waals surface area contributed by atoms with Gasteiger partial charge in [0.2, 0.25) is 5.13 Å². The molecule has 2 heterocycles. The monoisotopic (exact) mass is 477 g/mol. The summed E-state index contributed by atoms with van der Waals surface area (Å²) >= 11 is 1.18. The van der Waals surface area contributed by atoms with E-state index in [1.54, 1.807) is 25.3 Å². The van der Waals surface area contributed by atoms with Gasteiger partial charge in [-0.1, -0.05) is 35.6 Å². The Morgan fingerprint density at radius 1 is 1.09 bits per heavy atom. The number of thiazole rings is 1. The van der Waals surface area contributed by atoms with Crippen molar-refractivity contribution in [1.29, 1.82) is 0 Å². The van der Waals surface area contributed by atoms with E-state index < -0.39 is 11.7 Å². The minimum absolute atomic E-state index is 0.250. The molecule has 0 aliphatic rings. The van der Waals surface area contributed by atoms with Crippen molar-refractivity contribution < 1.29 is 32.3 Å². The lowest BCUT2D eigenvalue weighted by Crippen LogP contribution is -2.04. The van der Waals surface area contributed by atoms with Gasteiger partial charge in [0, 0.05) is 17.3 Å². The number of nitrogens with zero attached hydrogens (tertiary/aromatic N) is 3. The Labute approximate surface area is 188 Å². The van der Waals surface area contributed by atoms with Gasteiger partial charge in [0.1, 0.15) is 5.82 Å². The van der Waals surface area contributed by atoms with Crippen molar-refractivity contribution in [3.05, 3.63) is 76.7 Å². The second-order valence-corrected chi connectivity index (χ2v) is 7.73. The van der Waals surface area contributed by atoms with E-state index in [2.05, 4.69) is 10.1 Å². The summed E-state index contributed by atoms with van der Waals surface area (Å²) in [6.45, 7) is 1.47. The van der Waals surface area contributed by atoms with Gasteiger partial charge in [0.05, 0.1) is 28.4 Å². The molecule has 0 unspecified atom stereocenters. The van der Waals surface area contributed by atoms with E-state index in [-0.39, 0.29) is 18.6 Å². The molecule has 0 bridgehead atoms. The van der Waals surface area contributed by atoms with Crippen molar-refractivity contribution in [3.63, 3.8) is 0 Å². The fourth-order valence-corrected chi connectivity index (χ4v) is 3.95. The molecule has 0 saturated heterocycles. The van der Waals surface area contributed by atoms with Gasteiger partial charge < -0.3 is 5.11 Å². The van der Waals surface area contributed by atoms with Crippen molar-refractivity contribution in [2.75, 3.05) is 0 Å². The number of aromatic nitrogens is 3. The van der Waals surface area contributed by atoms with E-state index in [1.165, 1.54) is 40.3 Å². The zero-order valence-corrected chi connectivity index (χ0v) is 17.7. The number of alkyl halides is 3. The number of aryl methyl sites for hydroxylation is 1. The highest BCUT2D eigenvalue weighted by Gasteiger charge is 2.30. The molecule has 2 aromatic heterocycles. The smallest absolute Gasteiger partial charge is 0.391 e. The number of hydrogen-bond acceptors (Lipinski definition) is 6. The highest BCUT2D eigenvalue weighted by atomic mass is 32.1. The second kappa shape index (κ2) is 9.86. The maximum absolute atomic E-state index is 13.6. The van der Waals surface area contributed by atoms with Gasteiger partial charge in [0.25, 0.3) is 0 Å². The number of rotatable bonds is 4. The Kier molecular flexibility index (Phi) is 7.17. The predicted molar refractivity (Wildman–Crippen MR) is 111 cm³/mol. The molecule has 11 heteroatoms. The third kappa shape index (κ3) is 5.40.